The van der Waals surface area contributed by atoms with Crippen molar-refractivity contribution in [1.29, 1.82) is 0 Å². The molecule has 0 spiro atoms. The molecule has 3 N–H and O–H groups in total. The predicted octanol–water partition coefficient (Wildman–Crippen LogP) is -0.145. The normalized spacial score (nSPS) is 12.6. The highest BCUT2D eigenvalue weighted by Crippen LogP contribution is 1.91. The molecule has 0 saturated carbocycles. The van der Waals surface area contributed by atoms with Gasteiger partial charge in [-0.2, -0.15) is 0 Å². The maximum atomic E-state index is 10.3. The number of aliphatic hydroxyl groups is 1. The van der Waals surface area contributed by atoms with Crippen molar-refractivity contribution in [3.63, 3.8) is 0 Å². The number of rotatable bonds is 12. The highest BCUT2D eigenvalue weighted by atomic mass is 16.5. The zero-order valence-electron chi connectivity index (χ0n) is 10.4. The monoisotopic (exact) mass is 249 g/mol. The van der Waals surface area contributed by atoms with E-state index < -0.39 is 12.1 Å². The Morgan fingerprint density at radius 1 is 1.29 bits per heavy atom. The van der Waals surface area contributed by atoms with E-state index in [2.05, 4.69) is 5.32 Å². The second-order valence-electron chi connectivity index (χ2n) is 3.77. The fourth-order valence-electron chi connectivity index (χ4n) is 1.24. The third-order valence-electron chi connectivity index (χ3n) is 2.11. The third-order valence-corrected chi connectivity index (χ3v) is 2.11. The number of carbonyl (C=O) groups is 1. The van der Waals surface area contributed by atoms with Crippen LogP contribution < -0.4 is 5.32 Å². The Labute approximate surface area is 102 Å². The van der Waals surface area contributed by atoms with Crippen LogP contribution in [0.2, 0.25) is 0 Å². The fraction of sp³-hybridized carbons (Fsp3) is 0.909. The van der Waals surface area contributed by atoms with Crippen LogP contribution in [0.5, 0.6) is 0 Å². The van der Waals surface area contributed by atoms with E-state index in [1.165, 1.54) is 0 Å². The van der Waals surface area contributed by atoms with Crippen LogP contribution in [0.3, 0.4) is 0 Å². The first kappa shape index (κ1) is 16.3. The number of aliphatic hydroxyl groups excluding tert-OH is 1. The van der Waals surface area contributed by atoms with Gasteiger partial charge in [0, 0.05) is 20.3 Å². The SMILES string of the molecule is COCCOCCCCNCC(O)CC(=O)O. The largest absolute Gasteiger partial charge is 0.481 e. The molecule has 0 aliphatic rings. The Bertz CT molecular complexity index is 189. The number of nitrogens with one attached hydrogen (secondary N) is 1. The molecule has 0 aliphatic heterocycles. The van der Waals surface area contributed by atoms with Gasteiger partial charge in [0.25, 0.3) is 0 Å². The van der Waals surface area contributed by atoms with E-state index in [-0.39, 0.29) is 6.42 Å². The van der Waals surface area contributed by atoms with Gasteiger partial charge in [0.1, 0.15) is 0 Å². The van der Waals surface area contributed by atoms with E-state index in [1.807, 2.05) is 0 Å². The van der Waals surface area contributed by atoms with Crippen molar-refractivity contribution < 1.29 is 24.5 Å². The second-order valence-corrected chi connectivity index (χ2v) is 3.77. The molecule has 0 saturated heterocycles. The average molecular weight is 249 g/mol. The summed E-state index contributed by atoms with van der Waals surface area (Å²) in [5.41, 5.74) is 0. The summed E-state index contributed by atoms with van der Waals surface area (Å²) in [6.07, 6.45) is 0.844. The number of carboxylic acids is 1. The summed E-state index contributed by atoms with van der Waals surface area (Å²) in [4.78, 5) is 10.3. The summed E-state index contributed by atoms with van der Waals surface area (Å²) < 4.78 is 10.1. The molecule has 17 heavy (non-hydrogen) atoms. The highest BCUT2D eigenvalue weighted by molar-refractivity contribution is 5.67. The van der Waals surface area contributed by atoms with Gasteiger partial charge in [-0.25, -0.2) is 0 Å². The minimum absolute atomic E-state index is 0.215. The lowest BCUT2D eigenvalue weighted by Gasteiger charge is -2.09. The lowest BCUT2D eigenvalue weighted by Crippen LogP contribution is -2.29. The molecule has 0 fully saturated rings. The maximum absolute atomic E-state index is 10.3. The van der Waals surface area contributed by atoms with E-state index in [9.17, 15) is 9.90 Å². The summed E-state index contributed by atoms with van der Waals surface area (Å²) in [7, 11) is 1.63. The van der Waals surface area contributed by atoms with Gasteiger partial charge in [-0.1, -0.05) is 0 Å². The Balaban J connectivity index is 3.10. The zero-order valence-corrected chi connectivity index (χ0v) is 10.4. The van der Waals surface area contributed by atoms with Crippen LogP contribution in [0.1, 0.15) is 19.3 Å². The molecule has 0 aromatic heterocycles. The van der Waals surface area contributed by atoms with Crippen LogP contribution in [0, 0.1) is 0 Å². The molecule has 0 heterocycles. The molecule has 1 unspecified atom stereocenters. The average Bonchev–Trinajstić information content (AvgIpc) is 2.26. The molecule has 0 aromatic carbocycles. The fourth-order valence-corrected chi connectivity index (χ4v) is 1.24. The molecule has 0 aromatic rings. The number of carboxylic acid groups (broad SMARTS) is 1. The number of hydrogen-bond donors (Lipinski definition) is 3. The number of methoxy groups -OCH3 is 1. The molecule has 0 bridgehead atoms. The van der Waals surface area contributed by atoms with Crippen LogP contribution >= 0.6 is 0 Å². The van der Waals surface area contributed by atoms with Crippen LogP contribution in [0.4, 0.5) is 0 Å². The molecule has 1 atom stereocenters. The van der Waals surface area contributed by atoms with E-state index in [0.717, 1.165) is 19.4 Å². The van der Waals surface area contributed by atoms with Crippen molar-refractivity contribution in [3.05, 3.63) is 0 Å². The standard InChI is InChI=1S/C11H23NO5/c1-16-6-7-17-5-3-2-4-12-9-10(13)8-11(14)15/h10,12-13H,2-9H2,1H3,(H,14,15). The topological polar surface area (TPSA) is 88.0 Å². The van der Waals surface area contributed by atoms with E-state index in [1.54, 1.807) is 7.11 Å². The van der Waals surface area contributed by atoms with E-state index >= 15 is 0 Å². The van der Waals surface area contributed by atoms with Gasteiger partial charge in [0.05, 0.1) is 25.7 Å². The lowest BCUT2D eigenvalue weighted by molar-refractivity contribution is -0.139. The van der Waals surface area contributed by atoms with Crippen molar-refractivity contribution >= 4 is 5.97 Å². The van der Waals surface area contributed by atoms with Gasteiger partial charge in [-0.15, -0.1) is 0 Å². The Morgan fingerprint density at radius 3 is 2.71 bits per heavy atom. The van der Waals surface area contributed by atoms with Crippen molar-refractivity contribution in [3.8, 4) is 0 Å². The smallest absolute Gasteiger partial charge is 0.306 e. The van der Waals surface area contributed by atoms with Crippen LogP contribution in [-0.2, 0) is 14.3 Å². The summed E-state index contributed by atoms with van der Waals surface area (Å²) >= 11 is 0. The molecule has 6 nitrogen and oxygen atoms in total. The first-order valence-electron chi connectivity index (χ1n) is 5.84. The summed E-state index contributed by atoms with van der Waals surface area (Å²) in [5, 5.41) is 20.6. The molecule has 0 radical (unpaired) electrons. The number of aliphatic carboxylic acids is 1. The third kappa shape index (κ3) is 13.2. The van der Waals surface area contributed by atoms with Crippen LogP contribution in [0.15, 0.2) is 0 Å². The predicted molar refractivity (Wildman–Crippen MR) is 63.1 cm³/mol. The minimum Gasteiger partial charge on any atom is -0.481 e. The van der Waals surface area contributed by atoms with Crippen molar-refractivity contribution in [2.45, 2.75) is 25.4 Å². The van der Waals surface area contributed by atoms with Crippen molar-refractivity contribution in [2.24, 2.45) is 0 Å². The van der Waals surface area contributed by atoms with E-state index in [4.69, 9.17) is 14.6 Å². The summed E-state index contributed by atoms with van der Waals surface area (Å²) in [5.74, 6) is -0.981. The number of hydrogen-bond acceptors (Lipinski definition) is 5. The Morgan fingerprint density at radius 2 is 2.06 bits per heavy atom. The molecule has 0 aliphatic carbocycles. The molecule has 0 amide bonds. The maximum Gasteiger partial charge on any atom is 0.306 e. The van der Waals surface area contributed by atoms with Crippen molar-refractivity contribution in [2.75, 3.05) is 40.0 Å². The molecule has 0 rings (SSSR count). The highest BCUT2D eigenvalue weighted by Gasteiger charge is 2.07. The van der Waals surface area contributed by atoms with Gasteiger partial charge in [0.15, 0.2) is 0 Å². The van der Waals surface area contributed by atoms with Gasteiger partial charge in [-0.05, 0) is 19.4 Å². The van der Waals surface area contributed by atoms with Crippen molar-refractivity contribution in [1.82, 2.24) is 5.32 Å². The second kappa shape index (κ2) is 11.8. The van der Waals surface area contributed by atoms with Crippen LogP contribution in [0.25, 0.3) is 0 Å². The van der Waals surface area contributed by atoms with Gasteiger partial charge >= 0.3 is 5.97 Å². The molecule has 102 valence electrons. The zero-order chi connectivity index (χ0) is 12.9. The first-order valence-corrected chi connectivity index (χ1v) is 5.84. The number of unbranched alkanes of at least 4 members (excludes halogenated alkanes) is 1. The van der Waals surface area contributed by atoms with Crippen LogP contribution in [-0.4, -0.2) is 62.3 Å². The lowest BCUT2D eigenvalue weighted by atomic mass is 10.2. The Kier molecular flexibility index (Phi) is 11.3. The molecular weight excluding hydrogens is 226 g/mol. The Hall–Kier alpha value is -0.690. The van der Waals surface area contributed by atoms with Gasteiger partial charge < -0.3 is 25.0 Å². The minimum atomic E-state index is -0.981. The quantitative estimate of drug-likeness (QED) is 0.417. The molecular formula is C11H23NO5. The first-order chi connectivity index (χ1) is 8.16. The van der Waals surface area contributed by atoms with E-state index in [0.29, 0.717) is 26.4 Å². The summed E-state index contributed by atoms with van der Waals surface area (Å²) in [6.45, 7) is 2.99. The molecule has 6 heteroatoms. The van der Waals surface area contributed by atoms with Gasteiger partial charge in [0.2, 0.25) is 0 Å². The number of ether oxygens (including phenoxy) is 2. The van der Waals surface area contributed by atoms with Gasteiger partial charge in [-0.3, -0.25) is 4.79 Å². The summed E-state index contributed by atoms with van der Waals surface area (Å²) in [6, 6.07) is 0.